The standard InChI is InChI=1S/C12H22/c1-4-7-11-9-6-8-10(3)12(11)5-2/h6,9-12H,4-5,7-8H2,1-3H3. The van der Waals surface area contributed by atoms with Crippen LogP contribution in [0.5, 0.6) is 0 Å². The van der Waals surface area contributed by atoms with Crippen molar-refractivity contribution < 1.29 is 0 Å². The normalized spacial score (nSPS) is 35.4. The summed E-state index contributed by atoms with van der Waals surface area (Å²) in [6.07, 6.45) is 10.2. The van der Waals surface area contributed by atoms with Crippen molar-refractivity contribution in [3.05, 3.63) is 12.2 Å². The van der Waals surface area contributed by atoms with Gasteiger partial charge in [-0.05, 0) is 30.6 Å². The smallest absolute Gasteiger partial charge is 0.0203 e. The third-order valence-electron chi connectivity index (χ3n) is 3.27. The molecule has 0 heteroatoms. The summed E-state index contributed by atoms with van der Waals surface area (Å²) in [5.74, 6) is 2.75. The Balaban J connectivity index is 2.56. The minimum Gasteiger partial charge on any atom is -0.0880 e. The largest absolute Gasteiger partial charge is 0.0880 e. The van der Waals surface area contributed by atoms with Crippen LogP contribution in [0, 0.1) is 17.8 Å². The predicted octanol–water partition coefficient (Wildman–Crippen LogP) is 4.02. The summed E-state index contributed by atoms with van der Waals surface area (Å²) in [4.78, 5) is 0. The fraction of sp³-hybridized carbons (Fsp3) is 0.833. The maximum atomic E-state index is 2.46. The van der Waals surface area contributed by atoms with Gasteiger partial charge in [-0.1, -0.05) is 45.8 Å². The van der Waals surface area contributed by atoms with E-state index in [0.29, 0.717) is 0 Å². The third kappa shape index (κ3) is 2.12. The predicted molar refractivity (Wildman–Crippen MR) is 55.1 cm³/mol. The first-order valence-corrected chi connectivity index (χ1v) is 5.46. The van der Waals surface area contributed by atoms with Crippen LogP contribution in [0.25, 0.3) is 0 Å². The molecule has 0 aromatic carbocycles. The first-order valence-electron chi connectivity index (χ1n) is 5.46. The van der Waals surface area contributed by atoms with Crippen LogP contribution in [0.2, 0.25) is 0 Å². The van der Waals surface area contributed by atoms with E-state index in [0.717, 1.165) is 17.8 Å². The molecule has 1 rings (SSSR count). The molecule has 0 aromatic rings. The van der Waals surface area contributed by atoms with Gasteiger partial charge in [0.2, 0.25) is 0 Å². The van der Waals surface area contributed by atoms with Crippen molar-refractivity contribution >= 4 is 0 Å². The van der Waals surface area contributed by atoms with Crippen molar-refractivity contribution in [2.45, 2.75) is 46.5 Å². The van der Waals surface area contributed by atoms with Crippen LogP contribution in [-0.4, -0.2) is 0 Å². The Bertz CT molecular complexity index is 146. The molecule has 70 valence electrons. The Morgan fingerprint density at radius 1 is 1.33 bits per heavy atom. The summed E-state index contributed by atoms with van der Waals surface area (Å²) in [5.41, 5.74) is 0. The Morgan fingerprint density at radius 3 is 2.67 bits per heavy atom. The molecule has 0 amide bonds. The summed E-state index contributed by atoms with van der Waals surface area (Å²) in [6.45, 7) is 7.03. The number of hydrogen-bond donors (Lipinski definition) is 0. The lowest BCUT2D eigenvalue weighted by atomic mass is 9.74. The van der Waals surface area contributed by atoms with Crippen LogP contribution in [0.4, 0.5) is 0 Å². The van der Waals surface area contributed by atoms with Crippen molar-refractivity contribution in [2.24, 2.45) is 17.8 Å². The highest BCUT2D eigenvalue weighted by molar-refractivity contribution is 4.98. The lowest BCUT2D eigenvalue weighted by Crippen LogP contribution is -2.22. The van der Waals surface area contributed by atoms with Crippen molar-refractivity contribution in [3.63, 3.8) is 0 Å². The van der Waals surface area contributed by atoms with Crippen LogP contribution >= 0.6 is 0 Å². The van der Waals surface area contributed by atoms with Gasteiger partial charge >= 0.3 is 0 Å². The van der Waals surface area contributed by atoms with Gasteiger partial charge in [0, 0.05) is 0 Å². The fourth-order valence-corrected chi connectivity index (χ4v) is 2.56. The number of rotatable bonds is 3. The average molecular weight is 166 g/mol. The van der Waals surface area contributed by atoms with Gasteiger partial charge in [-0.25, -0.2) is 0 Å². The molecule has 0 fully saturated rings. The molecule has 3 atom stereocenters. The molecule has 0 aliphatic heterocycles. The van der Waals surface area contributed by atoms with E-state index in [1.807, 2.05) is 0 Å². The summed E-state index contributed by atoms with van der Waals surface area (Å²) in [6, 6.07) is 0. The van der Waals surface area contributed by atoms with Crippen LogP contribution < -0.4 is 0 Å². The first-order chi connectivity index (χ1) is 5.79. The molecule has 0 aromatic heterocycles. The van der Waals surface area contributed by atoms with E-state index < -0.39 is 0 Å². The number of allylic oxidation sites excluding steroid dienone is 2. The van der Waals surface area contributed by atoms with E-state index in [4.69, 9.17) is 0 Å². The molecule has 12 heavy (non-hydrogen) atoms. The van der Waals surface area contributed by atoms with Crippen molar-refractivity contribution in [1.82, 2.24) is 0 Å². The summed E-state index contributed by atoms with van der Waals surface area (Å²) in [5, 5.41) is 0. The minimum atomic E-state index is 0.878. The zero-order valence-electron chi connectivity index (χ0n) is 8.72. The summed E-state index contributed by atoms with van der Waals surface area (Å²) in [7, 11) is 0. The highest BCUT2D eigenvalue weighted by Gasteiger charge is 2.24. The Labute approximate surface area is 77.1 Å². The lowest BCUT2D eigenvalue weighted by molar-refractivity contribution is 0.245. The molecule has 0 bridgehead atoms. The second-order valence-electron chi connectivity index (χ2n) is 4.17. The van der Waals surface area contributed by atoms with Gasteiger partial charge in [-0.3, -0.25) is 0 Å². The first kappa shape index (κ1) is 9.83. The zero-order chi connectivity index (χ0) is 8.97. The van der Waals surface area contributed by atoms with Crippen LogP contribution in [-0.2, 0) is 0 Å². The van der Waals surface area contributed by atoms with Gasteiger partial charge in [0.1, 0.15) is 0 Å². The second kappa shape index (κ2) is 4.69. The summed E-state index contributed by atoms with van der Waals surface area (Å²) < 4.78 is 0. The van der Waals surface area contributed by atoms with E-state index in [1.54, 1.807) is 0 Å². The van der Waals surface area contributed by atoms with E-state index >= 15 is 0 Å². The quantitative estimate of drug-likeness (QED) is 0.555. The van der Waals surface area contributed by atoms with E-state index in [2.05, 4.69) is 32.9 Å². The molecule has 0 saturated heterocycles. The monoisotopic (exact) mass is 166 g/mol. The van der Waals surface area contributed by atoms with Gasteiger partial charge in [-0.2, -0.15) is 0 Å². The second-order valence-corrected chi connectivity index (χ2v) is 4.17. The zero-order valence-corrected chi connectivity index (χ0v) is 8.72. The molecule has 0 heterocycles. The van der Waals surface area contributed by atoms with Gasteiger partial charge in [0.05, 0.1) is 0 Å². The SMILES string of the molecule is CCCC1C=CCC(C)C1CC. The Hall–Kier alpha value is -0.260. The highest BCUT2D eigenvalue weighted by atomic mass is 14.3. The average Bonchev–Trinajstić information content (AvgIpc) is 2.05. The number of hydrogen-bond acceptors (Lipinski definition) is 0. The van der Waals surface area contributed by atoms with Crippen molar-refractivity contribution in [2.75, 3.05) is 0 Å². The maximum Gasteiger partial charge on any atom is -0.0203 e. The molecule has 0 N–H and O–H groups in total. The molecule has 0 nitrogen and oxygen atoms in total. The molecular formula is C12H22. The van der Waals surface area contributed by atoms with Gasteiger partial charge < -0.3 is 0 Å². The molecule has 1 aliphatic rings. The lowest BCUT2D eigenvalue weighted by Gasteiger charge is -2.32. The van der Waals surface area contributed by atoms with Crippen LogP contribution in [0.15, 0.2) is 12.2 Å². The van der Waals surface area contributed by atoms with E-state index in [1.165, 1.54) is 25.7 Å². The van der Waals surface area contributed by atoms with Gasteiger partial charge in [0.25, 0.3) is 0 Å². The van der Waals surface area contributed by atoms with Crippen LogP contribution in [0.3, 0.4) is 0 Å². The van der Waals surface area contributed by atoms with Crippen molar-refractivity contribution in [1.29, 1.82) is 0 Å². The van der Waals surface area contributed by atoms with E-state index in [-0.39, 0.29) is 0 Å². The summed E-state index contributed by atoms with van der Waals surface area (Å²) >= 11 is 0. The minimum absolute atomic E-state index is 0.878. The van der Waals surface area contributed by atoms with E-state index in [9.17, 15) is 0 Å². The van der Waals surface area contributed by atoms with Gasteiger partial charge in [0.15, 0.2) is 0 Å². The fourth-order valence-electron chi connectivity index (χ4n) is 2.56. The highest BCUT2D eigenvalue weighted by Crippen LogP contribution is 2.34. The Kier molecular flexibility index (Phi) is 3.84. The topological polar surface area (TPSA) is 0 Å². The Morgan fingerprint density at radius 2 is 2.08 bits per heavy atom. The molecule has 1 aliphatic carbocycles. The molecule has 0 spiro atoms. The van der Waals surface area contributed by atoms with Crippen LogP contribution in [0.1, 0.15) is 46.5 Å². The van der Waals surface area contributed by atoms with Gasteiger partial charge in [-0.15, -0.1) is 0 Å². The van der Waals surface area contributed by atoms with Crippen molar-refractivity contribution in [3.8, 4) is 0 Å². The molecule has 0 radical (unpaired) electrons. The molecule has 3 unspecified atom stereocenters. The molecule has 0 saturated carbocycles. The molecular weight excluding hydrogens is 144 g/mol. The maximum absolute atomic E-state index is 2.46. The third-order valence-corrected chi connectivity index (χ3v) is 3.27.